The van der Waals surface area contributed by atoms with E-state index >= 15 is 0 Å². The van der Waals surface area contributed by atoms with E-state index in [9.17, 15) is 14.7 Å². The molecule has 9 nitrogen and oxygen atoms in total. The highest BCUT2D eigenvalue weighted by molar-refractivity contribution is 5.89. The summed E-state index contributed by atoms with van der Waals surface area (Å²) in [5, 5.41) is 17.7. The third kappa shape index (κ3) is 5.26. The lowest BCUT2D eigenvalue weighted by atomic mass is 9.49. The molecular formula is C42H47N3O6. The third-order valence-electron chi connectivity index (χ3n) is 12.5. The molecule has 1 spiro atoms. The number of carbonyl (C=O) groups is 2. The van der Waals surface area contributed by atoms with E-state index in [1.54, 1.807) is 0 Å². The number of esters is 1. The van der Waals surface area contributed by atoms with Crippen LogP contribution in [-0.4, -0.2) is 64.8 Å². The van der Waals surface area contributed by atoms with Gasteiger partial charge in [0.1, 0.15) is 13.2 Å². The summed E-state index contributed by atoms with van der Waals surface area (Å²) in [6.45, 7) is 3.06. The Kier molecular flexibility index (Phi) is 8.11. The van der Waals surface area contributed by atoms with Crippen LogP contribution in [0.4, 0.5) is 0 Å². The van der Waals surface area contributed by atoms with Crippen molar-refractivity contribution in [3.63, 3.8) is 0 Å². The summed E-state index contributed by atoms with van der Waals surface area (Å²) in [4.78, 5) is 27.7. The molecule has 9 heteroatoms. The van der Waals surface area contributed by atoms with Crippen molar-refractivity contribution in [2.75, 3.05) is 26.7 Å². The molecule has 5 aliphatic rings. The number of aromatic nitrogens is 1. The number of aliphatic hydroxyl groups is 1. The molecule has 1 saturated carbocycles. The summed E-state index contributed by atoms with van der Waals surface area (Å²) in [6, 6.07) is 22.7. The Morgan fingerprint density at radius 3 is 2.67 bits per heavy atom. The van der Waals surface area contributed by atoms with Crippen molar-refractivity contribution in [2.45, 2.75) is 94.1 Å². The number of rotatable bonds is 13. The maximum Gasteiger partial charge on any atom is 0.305 e. The molecule has 2 bridgehead atoms. The zero-order valence-corrected chi connectivity index (χ0v) is 29.4. The van der Waals surface area contributed by atoms with Crippen LogP contribution in [0.25, 0.3) is 10.9 Å². The molecular weight excluding hydrogens is 642 g/mol. The van der Waals surface area contributed by atoms with Crippen LogP contribution in [0.2, 0.25) is 0 Å². The lowest BCUT2D eigenvalue weighted by Gasteiger charge is -2.63. The minimum Gasteiger partial charge on any atom is -0.485 e. The molecule has 4 aromatic rings. The Morgan fingerprint density at radius 1 is 1.02 bits per heavy atom. The minimum atomic E-state index is -1.05. The molecule has 3 aromatic carbocycles. The highest BCUT2D eigenvalue weighted by Gasteiger charge is 2.73. The largest absolute Gasteiger partial charge is 0.485 e. The smallest absolute Gasteiger partial charge is 0.305 e. The highest BCUT2D eigenvalue weighted by Crippen LogP contribution is 2.69. The lowest BCUT2D eigenvalue weighted by Crippen LogP contribution is -2.74. The van der Waals surface area contributed by atoms with Crippen LogP contribution in [0.3, 0.4) is 0 Å². The Labute approximate surface area is 298 Å². The maximum absolute atomic E-state index is 13.6. The van der Waals surface area contributed by atoms with Crippen LogP contribution in [0.15, 0.2) is 66.7 Å². The fourth-order valence-electron chi connectivity index (χ4n) is 9.91. The molecule has 4 unspecified atom stereocenters. The molecule has 2 aliphatic heterocycles. The summed E-state index contributed by atoms with van der Waals surface area (Å²) >= 11 is 0. The summed E-state index contributed by atoms with van der Waals surface area (Å²) < 4.78 is 20.7. The van der Waals surface area contributed by atoms with Crippen molar-refractivity contribution in [3.05, 3.63) is 94.7 Å². The van der Waals surface area contributed by atoms with Crippen LogP contribution in [0.5, 0.6) is 11.5 Å². The summed E-state index contributed by atoms with van der Waals surface area (Å²) in [7, 11) is 1.41. The second kappa shape index (κ2) is 12.7. The number of benzene rings is 3. The van der Waals surface area contributed by atoms with Crippen LogP contribution in [0, 0.1) is 5.92 Å². The number of hydrogen-bond acceptors (Lipinski definition) is 7. The number of likely N-dealkylation sites (tertiary alicyclic amines) is 1. The minimum absolute atomic E-state index is 0.0229. The highest BCUT2D eigenvalue weighted by atomic mass is 16.5. The molecule has 3 heterocycles. The maximum atomic E-state index is 13.6. The molecule has 2 fully saturated rings. The number of para-hydroxylation sites is 1. The molecule has 1 aromatic heterocycles. The van der Waals surface area contributed by atoms with E-state index in [-0.39, 0.29) is 24.5 Å². The van der Waals surface area contributed by atoms with Gasteiger partial charge in [-0.2, -0.15) is 0 Å². The molecule has 0 radical (unpaired) electrons. The van der Waals surface area contributed by atoms with Crippen molar-refractivity contribution in [1.29, 1.82) is 0 Å². The molecule has 3 aliphatic carbocycles. The first kappa shape index (κ1) is 32.6. The van der Waals surface area contributed by atoms with Crippen LogP contribution >= 0.6 is 0 Å². The predicted molar refractivity (Wildman–Crippen MR) is 193 cm³/mol. The molecule has 51 heavy (non-hydrogen) atoms. The zero-order valence-electron chi connectivity index (χ0n) is 29.4. The summed E-state index contributed by atoms with van der Waals surface area (Å²) in [6.07, 6.45) is 6.90. The van der Waals surface area contributed by atoms with E-state index in [0.717, 1.165) is 90.1 Å². The van der Waals surface area contributed by atoms with Crippen molar-refractivity contribution in [1.82, 2.24) is 14.8 Å². The fourth-order valence-corrected chi connectivity index (χ4v) is 9.91. The number of fused-ring (bicyclic) bond motifs is 4. The van der Waals surface area contributed by atoms with Gasteiger partial charge in [0.2, 0.25) is 5.91 Å². The lowest BCUT2D eigenvalue weighted by molar-refractivity contribution is -0.173. The Hall–Kier alpha value is -4.34. The van der Waals surface area contributed by atoms with Gasteiger partial charge in [-0.05, 0) is 79.8 Å². The summed E-state index contributed by atoms with van der Waals surface area (Å²) in [5.74, 6) is 1.91. The number of ether oxygens (including phenoxy) is 3. The van der Waals surface area contributed by atoms with Crippen molar-refractivity contribution in [2.24, 2.45) is 5.92 Å². The van der Waals surface area contributed by atoms with Gasteiger partial charge in [-0.25, -0.2) is 0 Å². The molecule has 9 rings (SSSR count). The quantitative estimate of drug-likeness (QED) is 0.136. The number of amides is 1. The van der Waals surface area contributed by atoms with E-state index < -0.39 is 17.1 Å². The second-order valence-electron chi connectivity index (χ2n) is 15.4. The number of nitrogens with one attached hydrogen (secondary N) is 1. The Balaban J connectivity index is 1.09. The van der Waals surface area contributed by atoms with Crippen LogP contribution in [0.1, 0.15) is 79.0 Å². The SMILES string of the molecule is COC(=O)CCCCCNC(=O)Cn1c2c(c3ccccc31)CC1(O)C3Cc4ccc(OCc5ccccc5)c5c4C1(CCN3CC1CC1)C2O5. The van der Waals surface area contributed by atoms with Gasteiger partial charge in [0.05, 0.1) is 23.8 Å². The van der Waals surface area contributed by atoms with Gasteiger partial charge in [0.15, 0.2) is 17.6 Å². The molecule has 2 N–H and O–H groups in total. The standard InChI is InChI=1S/C42H47N3O6/c1-49-36(47)14-6-3-9-20-43-35(46)25-45-32-13-8-7-12-30(32)31-23-42(48)34-22-29-17-18-33(50-26-28-10-4-2-5-11-28)39-37(29)41(42,40(51-39)38(31)45)19-21-44(34)24-27-15-16-27/h2,4-5,7-8,10-13,17-18,27,34,40,48H,3,6,9,14-16,19-26H2,1H3,(H,43,46). The number of methoxy groups -OCH3 is 1. The van der Waals surface area contributed by atoms with Gasteiger partial charge >= 0.3 is 5.97 Å². The normalized spacial score (nSPS) is 25.5. The molecule has 266 valence electrons. The first-order chi connectivity index (χ1) is 24.9. The van der Waals surface area contributed by atoms with Crippen LogP contribution < -0.4 is 14.8 Å². The predicted octanol–water partition coefficient (Wildman–Crippen LogP) is 5.77. The molecule has 1 saturated heterocycles. The number of unbranched alkanes of at least 4 members (excludes halogenated alkanes) is 2. The third-order valence-corrected chi connectivity index (χ3v) is 12.5. The average Bonchev–Trinajstić information content (AvgIpc) is 3.83. The van der Waals surface area contributed by atoms with Crippen molar-refractivity contribution in [3.8, 4) is 11.5 Å². The van der Waals surface area contributed by atoms with E-state index in [1.165, 1.54) is 25.5 Å². The van der Waals surface area contributed by atoms with E-state index in [0.29, 0.717) is 31.7 Å². The number of carbonyl (C=O) groups excluding carboxylic acids is 2. The van der Waals surface area contributed by atoms with Gasteiger partial charge < -0.3 is 29.2 Å². The van der Waals surface area contributed by atoms with Crippen molar-refractivity contribution < 1.29 is 28.9 Å². The Morgan fingerprint density at radius 2 is 1.84 bits per heavy atom. The van der Waals surface area contributed by atoms with E-state index in [2.05, 4.69) is 57.2 Å². The fraction of sp³-hybridized carbons (Fsp3) is 0.476. The zero-order chi connectivity index (χ0) is 34.7. The van der Waals surface area contributed by atoms with Gasteiger partial charge in [-0.3, -0.25) is 14.5 Å². The summed E-state index contributed by atoms with van der Waals surface area (Å²) in [5.41, 5.74) is 4.80. The van der Waals surface area contributed by atoms with Crippen LogP contribution in [-0.2, 0) is 45.7 Å². The molecule has 1 amide bonds. The van der Waals surface area contributed by atoms with E-state index in [1.807, 2.05) is 24.3 Å². The number of hydrogen-bond donors (Lipinski definition) is 2. The second-order valence-corrected chi connectivity index (χ2v) is 15.4. The first-order valence-electron chi connectivity index (χ1n) is 18.8. The Bertz CT molecular complexity index is 1990. The van der Waals surface area contributed by atoms with Gasteiger partial charge in [-0.15, -0.1) is 0 Å². The van der Waals surface area contributed by atoms with Gasteiger partial charge in [0, 0.05) is 48.4 Å². The monoisotopic (exact) mass is 689 g/mol. The topological polar surface area (TPSA) is 102 Å². The van der Waals surface area contributed by atoms with E-state index in [4.69, 9.17) is 14.2 Å². The van der Waals surface area contributed by atoms with Gasteiger partial charge in [-0.1, -0.05) is 61.0 Å². The van der Waals surface area contributed by atoms with Crippen molar-refractivity contribution >= 4 is 22.8 Å². The van der Waals surface area contributed by atoms with Gasteiger partial charge in [0.25, 0.3) is 0 Å². The first-order valence-corrected chi connectivity index (χ1v) is 18.8. The average molecular weight is 690 g/mol. The molecule has 4 atom stereocenters. The number of piperidine rings is 1. The number of nitrogens with zero attached hydrogens (tertiary/aromatic N) is 2.